The molecule has 1 fully saturated rings. The highest BCUT2D eigenvalue weighted by molar-refractivity contribution is 5.48. The molecule has 4 N–H and O–H groups in total. The quantitative estimate of drug-likeness (QED) is 0.537. The average Bonchev–Trinajstić information content (AvgIpc) is 2.86. The molecule has 94 valence electrons. The number of aryl methyl sites for hydroxylation is 1. The number of nitrogens with zero attached hydrogens (tertiary/aromatic N) is 2. The van der Waals surface area contributed by atoms with E-state index in [1.807, 2.05) is 6.07 Å². The van der Waals surface area contributed by atoms with Gasteiger partial charge in [-0.3, -0.25) is 0 Å². The molecule has 0 saturated heterocycles. The largest absolute Gasteiger partial charge is 0.367 e. The Balaban J connectivity index is 2.12. The minimum Gasteiger partial charge on any atom is -0.367 e. The van der Waals surface area contributed by atoms with Crippen molar-refractivity contribution in [2.75, 3.05) is 10.7 Å². The summed E-state index contributed by atoms with van der Waals surface area (Å²) in [7, 11) is 0. The van der Waals surface area contributed by atoms with Crippen molar-refractivity contribution >= 4 is 11.6 Å². The van der Waals surface area contributed by atoms with Crippen LogP contribution in [0.5, 0.6) is 0 Å². The lowest BCUT2D eigenvalue weighted by molar-refractivity contribution is 0.629. The third-order valence-corrected chi connectivity index (χ3v) is 3.23. The Morgan fingerprint density at radius 2 is 2.06 bits per heavy atom. The molecule has 0 spiro atoms. The van der Waals surface area contributed by atoms with Crippen molar-refractivity contribution in [3.05, 3.63) is 11.9 Å². The summed E-state index contributed by atoms with van der Waals surface area (Å²) in [5.74, 6) is 7.79. The zero-order valence-electron chi connectivity index (χ0n) is 10.7. The van der Waals surface area contributed by atoms with Gasteiger partial charge in [0.2, 0.25) is 0 Å². The van der Waals surface area contributed by atoms with E-state index in [1.165, 1.54) is 6.42 Å². The SMILES string of the molecule is CCCc1nc(NN)cc(NC2CC2(C)C)n1. The molecule has 1 unspecified atom stereocenters. The molecular weight excluding hydrogens is 214 g/mol. The van der Waals surface area contributed by atoms with Crippen LogP contribution in [0.3, 0.4) is 0 Å². The third-order valence-electron chi connectivity index (χ3n) is 3.23. The van der Waals surface area contributed by atoms with Crippen molar-refractivity contribution in [1.82, 2.24) is 9.97 Å². The summed E-state index contributed by atoms with van der Waals surface area (Å²) in [5.41, 5.74) is 2.97. The standard InChI is InChI=1S/C12H21N5/c1-4-5-9-15-10(6-11(16-9)17-13)14-8-7-12(8,2)3/h6,8H,4-5,7,13H2,1-3H3,(H2,14,15,16,17). The van der Waals surface area contributed by atoms with Crippen LogP contribution in [0.25, 0.3) is 0 Å². The number of nitrogen functional groups attached to an aromatic ring is 1. The predicted molar refractivity (Wildman–Crippen MR) is 69.6 cm³/mol. The van der Waals surface area contributed by atoms with E-state index < -0.39 is 0 Å². The van der Waals surface area contributed by atoms with Crippen LogP contribution in [-0.4, -0.2) is 16.0 Å². The van der Waals surface area contributed by atoms with Crippen LogP contribution in [0, 0.1) is 5.41 Å². The molecule has 17 heavy (non-hydrogen) atoms. The third kappa shape index (κ3) is 2.85. The summed E-state index contributed by atoms with van der Waals surface area (Å²) in [6, 6.07) is 2.37. The van der Waals surface area contributed by atoms with Gasteiger partial charge in [-0.05, 0) is 18.3 Å². The first-order valence-electron chi connectivity index (χ1n) is 6.16. The van der Waals surface area contributed by atoms with Crippen LogP contribution >= 0.6 is 0 Å². The fraction of sp³-hybridized carbons (Fsp3) is 0.667. The summed E-state index contributed by atoms with van der Waals surface area (Å²) >= 11 is 0. The highest BCUT2D eigenvalue weighted by atomic mass is 15.3. The van der Waals surface area contributed by atoms with Crippen molar-refractivity contribution in [2.45, 2.75) is 46.1 Å². The average molecular weight is 235 g/mol. The maximum absolute atomic E-state index is 5.42. The van der Waals surface area contributed by atoms with Crippen molar-refractivity contribution < 1.29 is 0 Å². The first-order valence-corrected chi connectivity index (χ1v) is 6.16. The number of aromatic nitrogens is 2. The van der Waals surface area contributed by atoms with Gasteiger partial charge in [-0.25, -0.2) is 15.8 Å². The van der Waals surface area contributed by atoms with Crippen LogP contribution in [0.1, 0.15) is 39.4 Å². The molecule has 5 heteroatoms. The summed E-state index contributed by atoms with van der Waals surface area (Å²) in [6.07, 6.45) is 3.09. The monoisotopic (exact) mass is 235 g/mol. The van der Waals surface area contributed by atoms with Gasteiger partial charge >= 0.3 is 0 Å². The smallest absolute Gasteiger partial charge is 0.145 e. The zero-order chi connectivity index (χ0) is 12.5. The highest BCUT2D eigenvalue weighted by Crippen LogP contribution is 2.46. The molecule has 1 aliphatic rings. The van der Waals surface area contributed by atoms with Gasteiger partial charge in [-0.2, -0.15) is 0 Å². The van der Waals surface area contributed by atoms with Crippen LogP contribution in [0.15, 0.2) is 6.07 Å². The minimum atomic E-state index is 0.381. The molecule has 5 nitrogen and oxygen atoms in total. The van der Waals surface area contributed by atoms with E-state index in [0.717, 1.165) is 24.5 Å². The van der Waals surface area contributed by atoms with Gasteiger partial charge in [-0.15, -0.1) is 0 Å². The van der Waals surface area contributed by atoms with Gasteiger partial charge < -0.3 is 10.7 Å². The maximum atomic E-state index is 5.42. The Bertz CT molecular complexity index is 402. The summed E-state index contributed by atoms with van der Waals surface area (Å²) in [5, 5.41) is 3.43. The lowest BCUT2D eigenvalue weighted by Crippen LogP contribution is -2.14. The molecule has 1 aromatic heterocycles. The number of hydrogen-bond acceptors (Lipinski definition) is 5. The molecule has 2 rings (SSSR count). The van der Waals surface area contributed by atoms with Gasteiger partial charge in [0.05, 0.1) is 0 Å². The number of anilines is 2. The van der Waals surface area contributed by atoms with E-state index in [-0.39, 0.29) is 0 Å². The van der Waals surface area contributed by atoms with E-state index >= 15 is 0 Å². The van der Waals surface area contributed by atoms with Crippen molar-refractivity contribution in [1.29, 1.82) is 0 Å². The fourth-order valence-electron chi connectivity index (χ4n) is 1.87. The lowest BCUT2D eigenvalue weighted by atomic mass is 10.2. The molecule has 0 aromatic carbocycles. The van der Waals surface area contributed by atoms with Crippen LogP contribution in [0.2, 0.25) is 0 Å². The molecule has 0 amide bonds. The van der Waals surface area contributed by atoms with Crippen molar-refractivity contribution in [3.63, 3.8) is 0 Å². The Morgan fingerprint density at radius 1 is 1.41 bits per heavy atom. The zero-order valence-corrected chi connectivity index (χ0v) is 10.7. The molecule has 1 saturated carbocycles. The molecule has 0 aliphatic heterocycles. The molecule has 1 aromatic rings. The number of rotatable bonds is 5. The second-order valence-electron chi connectivity index (χ2n) is 5.34. The maximum Gasteiger partial charge on any atom is 0.145 e. The van der Waals surface area contributed by atoms with Gasteiger partial charge in [0, 0.05) is 18.5 Å². The predicted octanol–water partition coefficient (Wildman–Crippen LogP) is 1.93. The number of hydrazine groups is 1. The Kier molecular flexibility index (Phi) is 3.19. The van der Waals surface area contributed by atoms with E-state index in [4.69, 9.17) is 5.84 Å². The van der Waals surface area contributed by atoms with Gasteiger partial charge in [-0.1, -0.05) is 20.8 Å². The van der Waals surface area contributed by atoms with E-state index in [9.17, 15) is 0 Å². The van der Waals surface area contributed by atoms with Crippen molar-refractivity contribution in [2.24, 2.45) is 11.3 Å². The van der Waals surface area contributed by atoms with Gasteiger partial charge in [0.15, 0.2) is 0 Å². The minimum absolute atomic E-state index is 0.381. The van der Waals surface area contributed by atoms with Gasteiger partial charge in [0.25, 0.3) is 0 Å². The van der Waals surface area contributed by atoms with Gasteiger partial charge in [0.1, 0.15) is 17.5 Å². The van der Waals surface area contributed by atoms with Crippen LogP contribution in [0.4, 0.5) is 11.6 Å². The first kappa shape index (κ1) is 12.1. The Morgan fingerprint density at radius 3 is 2.59 bits per heavy atom. The van der Waals surface area contributed by atoms with E-state index in [1.54, 1.807) is 0 Å². The second-order valence-corrected chi connectivity index (χ2v) is 5.34. The number of hydrogen-bond donors (Lipinski definition) is 3. The molecular formula is C12H21N5. The molecule has 1 heterocycles. The molecule has 1 aliphatic carbocycles. The van der Waals surface area contributed by atoms with Crippen LogP contribution in [-0.2, 0) is 6.42 Å². The molecule has 0 radical (unpaired) electrons. The fourth-order valence-corrected chi connectivity index (χ4v) is 1.87. The molecule has 0 bridgehead atoms. The number of nitrogens with one attached hydrogen (secondary N) is 2. The van der Waals surface area contributed by atoms with Crippen LogP contribution < -0.4 is 16.6 Å². The summed E-state index contributed by atoms with van der Waals surface area (Å²) in [4.78, 5) is 8.82. The lowest BCUT2D eigenvalue weighted by Gasteiger charge is -2.10. The van der Waals surface area contributed by atoms with Crippen molar-refractivity contribution in [3.8, 4) is 0 Å². The van der Waals surface area contributed by atoms with E-state index in [2.05, 4.69) is 41.5 Å². The Labute approximate surface area is 102 Å². The Hall–Kier alpha value is -1.36. The molecule has 1 atom stereocenters. The second kappa shape index (κ2) is 4.49. The summed E-state index contributed by atoms with van der Waals surface area (Å²) in [6.45, 7) is 6.62. The highest BCUT2D eigenvalue weighted by Gasteiger charge is 2.45. The van der Waals surface area contributed by atoms with E-state index in [0.29, 0.717) is 17.3 Å². The normalized spacial score (nSPS) is 21.1. The first-order chi connectivity index (χ1) is 8.05. The number of nitrogens with two attached hydrogens (primary N) is 1. The topological polar surface area (TPSA) is 75.9 Å². The summed E-state index contributed by atoms with van der Waals surface area (Å²) < 4.78 is 0.